The van der Waals surface area contributed by atoms with Crippen LogP contribution < -0.4 is 5.32 Å². The molecule has 2 rings (SSSR count). The second kappa shape index (κ2) is 4.53. The van der Waals surface area contributed by atoms with E-state index in [4.69, 9.17) is 0 Å². The molecule has 0 amide bonds. The molecule has 1 aromatic heterocycles. The first-order valence-electron chi connectivity index (χ1n) is 5.14. The summed E-state index contributed by atoms with van der Waals surface area (Å²) in [5.41, 5.74) is 1.11. The fraction of sp³-hybridized carbons (Fsp3) is 0.545. The molecular formula is C11H16N2O. The minimum atomic E-state index is 0.185. The zero-order chi connectivity index (χ0) is 9.80. The summed E-state index contributed by atoms with van der Waals surface area (Å²) in [6, 6.07) is 4.62. The van der Waals surface area contributed by atoms with E-state index in [-0.39, 0.29) is 12.5 Å². The Bertz CT molecular complexity index is 272. The summed E-state index contributed by atoms with van der Waals surface area (Å²) in [4.78, 5) is 4.06. The summed E-state index contributed by atoms with van der Waals surface area (Å²) >= 11 is 0. The highest BCUT2D eigenvalue weighted by Gasteiger charge is 2.22. The van der Waals surface area contributed by atoms with Crippen molar-refractivity contribution in [2.75, 3.05) is 13.2 Å². The predicted molar refractivity (Wildman–Crippen MR) is 55.1 cm³/mol. The third-order valence-corrected chi connectivity index (χ3v) is 2.61. The Labute approximate surface area is 84.2 Å². The first kappa shape index (κ1) is 9.62. The molecule has 0 bridgehead atoms. The number of aliphatic hydroxyl groups excluding tert-OH is 1. The minimum Gasteiger partial charge on any atom is -0.396 e. The Morgan fingerprint density at radius 2 is 2.43 bits per heavy atom. The van der Waals surface area contributed by atoms with Crippen molar-refractivity contribution in [1.82, 2.24) is 10.3 Å². The molecule has 14 heavy (non-hydrogen) atoms. The fourth-order valence-electron chi connectivity index (χ4n) is 1.50. The zero-order valence-electron chi connectivity index (χ0n) is 8.19. The van der Waals surface area contributed by atoms with E-state index in [1.165, 1.54) is 12.8 Å². The van der Waals surface area contributed by atoms with Crippen molar-refractivity contribution in [3.63, 3.8) is 0 Å². The normalized spacial score (nSPS) is 18.1. The molecule has 1 atom stereocenters. The smallest absolute Gasteiger partial charge is 0.0512 e. The molecule has 0 spiro atoms. The van der Waals surface area contributed by atoms with Crippen molar-refractivity contribution in [2.45, 2.75) is 24.8 Å². The lowest BCUT2D eigenvalue weighted by Crippen LogP contribution is -2.25. The van der Waals surface area contributed by atoms with Crippen LogP contribution >= 0.6 is 0 Å². The SMILES string of the molecule is OCC(CNC1CC1)c1cccnc1. The Morgan fingerprint density at radius 1 is 1.57 bits per heavy atom. The van der Waals surface area contributed by atoms with E-state index in [0.29, 0.717) is 6.04 Å². The standard InChI is InChI=1S/C11H16N2O/c14-8-10(7-13-11-3-4-11)9-2-1-5-12-6-9/h1-2,5-6,10-11,13-14H,3-4,7-8H2. The van der Waals surface area contributed by atoms with Gasteiger partial charge in [-0.2, -0.15) is 0 Å². The molecule has 1 saturated carbocycles. The summed E-state index contributed by atoms with van der Waals surface area (Å²) in [6.45, 7) is 1.04. The number of aliphatic hydroxyl groups is 1. The van der Waals surface area contributed by atoms with Crippen LogP contribution in [0.1, 0.15) is 24.3 Å². The Hall–Kier alpha value is -0.930. The molecule has 3 nitrogen and oxygen atoms in total. The maximum atomic E-state index is 9.24. The van der Waals surface area contributed by atoms with Gasteiger partial charge >= 0.3 is 0 Å². The molecule has 0 aromatic carbocycles. The van der Waals surface area contributed by atoms with Gasteiger partial charge in [0.15, 0.2) is 0 Å². The maximum absolute atomic E-state index is 9.24. The molecule has 3 heteroatoms. The average molecular weight is 192 g/mol. The topological polar surface area (TPSA) is 45.1 Å². The highest BCUT2D eigenvalue weighted by molar-refractivity contribution is 5.15. The van der Waals surface area contributed by atoms with Gasteiger partial charge in [-0.05, 0) is 24.5 Å². The van der Waals surface area contributed by atoms with E-state index >= 15 is 0 Å². The summed E-state index contributed by atoms with van der Waals surface area (Å²) in [6.07, 6.45) is 6.15. The van der Waals surface area contributed by atoms with Crippen molar-refractivity contribution in [1.29, 1.82) is 0 Å². The third kappa shape index (κ3) is 2.53. The number of nitrogens with one attached hydrogen (secondary N) is 1. The lowest BCUT2D eigenvalue weighted by molar-refractivity contribution is 0.261. The number of rotatable bonds is 5. The van der Waals surface area contributed by atoms with Crippen LogP contribution in [0.5, 0.6) is 0 Å². The zero-order valence-corrected chi connectivity index (χ0v) is 8.19. The lowest BCUT2D eigenvalue weighted by atomic mass is 10.0. The van der Waals surface area contributed by atoms with Gasteiger partial charge in [0.1, 0.15) is 0 Å². The van der Waals surface area contributed by atoms with Crippen LogP contribution in [0.15, 0.2) is 24.5 Å². The molecule has 1 aromatic rings. The molecule has 0 aliphatic heterocycles. The number of hydrogen-bond acceptors (Lipinski definition) is 3. The average Bonchev–Trinajstić information content (AvgIpc) is 3.04. The maximum Gasteiger partial charge on any atom is 0.0512 e. The lowest BCUT2D eigenvalue weighted by Gasteiger charge is -2.14. The van der Waals surface area contributed by atoms with Crippen molar-refractivity contribution in [2.24, 2.45) is 0 Å². The molecule has 76 valence electrons. The number of nitrogens with zero attached hydrogens (tertiary/aromatic N) is 1. The summed E-state index contributed by atoms with van der Waals surface area (Å²) in [7, 11) is 0. The Balaban J connectivity index is 1.90. The molecule has 1 unspecified atom stereocenters. The van der Waals surface area contributed by atoms with Crippen molar-refractivity contribution in [3.05, 3.63) is 30.1 Å². The molecule has 1 aliphatic rings. The molecule has 1 heterocycles. The first-order valence-corrected chi connectivity index (χ1v) is 5.14. The number of pyridine rings is 1. The second-order valence-electron chi connectivity index (χ2n) is 3.85. The minimum absolute atomic E-state index is 0.185. The monoisotopic (exact) mass is 192 g/mol. The van der Waals surface area contributed by atoms with E-state index in [9.17, 15) is 5.11 Å². The van der Waals surface area contributed by atoms with Gasteiger partial charge < -0.3 is 10.4 Å². The van der Waals surface area contributed by atoms with E-state index in [2.05, 4.69) is 10.3 Å². The molecule has 0 saturated heterocycles. The van der Waals surface area contributed by atoms with Crippen LogP contribution in [0.4, 0.5) is 0 Å². The second-order valence-corrected chi connectivity index (χ2v) is 3.85. The van der Waals surface area contributed by atoms with Gasteiger partial charge in [-0.3, -0.25) is 4.98 Å². The van der Waals surface area contributed by atoms with E-state index < -0.39 is 0 Å². The number of hydrogen-bond donors (Lipinski definition) is 2. The highest BCUT2D eigenvalue weighted by Crippen LogP contribution is 2.20. The van der Waals surface area contributed by atoms with Gasteiger partial charge in [0, 0.05) is 30.9 Å². The van der Waals surface area contributed by atoms with Crippen LogP contribution in [0.25, 0.3) is 0 Å². The van der Waals surface area contributed by atoms with Crippen LogP contribution in [-0.4, -0.2) is 29.3 Å². The number of aromatic nitrogens is 1. The van der Waals surface area contributed by atoms with E-state index in [1.54, 1.807) is 6.20 Å². The summed E-state index contributed by atoms with van der Waals surface area (Å²) in [5.74, 6) is 0.185. The summed E-state index contributed by atoms with van der Waals surface area (Å²) in [5, 5.41) is 12.7. The summed E-state index contributed by atoms with van der Waals surface area (Å²) < 4.78 is 0. The van der Waals surface area contributed by atoms with Crippen molar-refractivity contribution >= 4 is 0 Å². The largest absolute Gasteiger partial charge is 0.396 e. The van der Waals surface area contributed by atoms with Gasteiger partial charge in [-0.15, -0.1) is 0 Å². The fourth-order valence-corrected chi connectivity index (χ4v) is 1.50. The highest BCUT2D eigenvalue weighted by atomic mass is 16.3. The Morgan fingerprint density at radius 3 is 3.00 bits per heavy atom. The predicted octanol–water partition coefficient (Wildman–Crippen LogP) is 0.910. The molecular weight excluding hydrogens is 176 g/mol. The van der Waals surface area contributed by atoms with E-state index in [0.717, 1.165) is 12.1 Å². The Kier molecular flexibility index (Phi) is 3.11. The van der Waals surface area contributed by atoms with Crippen LogP contribution in [0, 0.1) is 0 Å². The van der Waals surface area contributed by atoms with Crippen molar-refractivity contribution < 1.29 is 5.11 Å². The van der Waals surface area contributed by atoms with Crippen LogP contribution in [-0.2, 0) is 0 Å². The quantitative estimate of drug-likeness (QED) is 0.729. The molecule has 1 fully saturated rings. The molecule has 2 N–H and O–H groups in total. The molecule has 1 aliphatic carbocycles. The van der Waals surface area contributed by atoms with Crippen LogP contribution in [0.3, 0.4) is 0 Å². The van der Waals surface area contributed by atoms with E-state index in [1.807, 2.05) is 18.3 Å². The van der Waals surface area contributed by atoms with Gasteiger partial charge in [-0.25, -0.2) is 0 Å². The van der Waals surface area contributed by atoms with Gasteiger partial charge in [0.05, 0.1) is 6.61 Å². The molecule has 0 radical (unpaired) electrons. The van der Waals surface area contributed by atoms with Gasteiger partial charge in [0.2, 0.25) is 0 Å². The van der Waals surface area contributed by atoms with Gasteiger partial charge in [0.25, 0.3) is 0 Å². The van der Waals surface area contributed by atoms with Gasteiger partial charge in [-0.1, -0.05) is 6.07 Å². The third-order valence-electron chi connectivity index (χ3n) is 2.61. The van der Waals surface area contributed by atoms with Crippen molar-refractivity contribution in [3.8, 4) is 0 Å². The first-order chi connectivity index (χ1) is 6.90. The van der Waals surface area contributed by atoms with Crippen LogP contribution in [0.2, 0.25) is 0 Å².